The Morgan fingerprint density at radius 1 is 1.00 bits per heavy atom. The van der Waals surface area contributed by atoms with Crippen molar-refractivity contribution < 1.29 is 14.3 Å². The Labute approximate surface area is 145 Å². The molecule has 6 nitrogen and oxygen atoms in total. The molecule has 136 valence electrons. The van der Waals surface area contributed by atoms with Gasteiger partial charge in [-0.3, -0.25) is 9.69 Å². The Bertz CT molecular complexity index is 443. The maximum Gasteiger partial charge on any atom is 0.409 e. The molecule has 2 aliphatic heterocycles. The second-order valence-electron chi connectivity index (χ2n) is 7.27. The Morgan fingerprint density at radius 3 is 2.33 bits per heavy atom. The molecule has 3 fully saturated rings. The van der Waals surface area contributed by atoms with E-state index in [0.717, 1.165) is 39.0 Å². The number of ether oxygens (including phenoxy) is 1. The van der Waals surface area contributed by atoms with E-state index >= 15 is 0 Å². The highest BCUT2D eigenvalue weighted by Crippen LogP contribution is 2.25. The molecule has 1 saturated carbocycles. The van der Waals surface area contributed by atoms with Gasteiger partial charge in [0.15, 0.2) is 0 Å². The summed E-state index contributed by atoms with van der Waals surface area (Å²) >= 11 is 0. The Hall–Kier alpha value is -1.30. The van der Waals surface area contributed by atoms with Crippen LogP contribution in [0.4, 0.5) is 4.79 Å². The molecule has 2 saturated heterocycles. The predicted octanol–water partition coefficient (Wildman–Crippen LogP) is 2.08. The van der Waals surface area contributed by atoms with Gasteiger partial charge in [-0.15, -0.1) is 0 Å². The van der Waals surface area contributed by atoms with Crippen LogP contribution in [-0.4, -0.2) is 78.1 Å². The summed E-state index contributed by atoms with van der Waals surface area (Å²) in [6.45, 7) is 6.15. The first-order valence-electron chi connectivity index (χ1n) is 9.64. The maximum atomic E-state index is 12.6. The molecule has 3 aliphatic rings. The Kier molecular flexibility index (Phi) is 5.98. The number of piperidine rings is 1. The molecule has 1 aliphatic carbocycles. The second kappa shape index (κ2) is 8.19. The lowest BCUT2D eigenvalue weighted by atomic mass is 9.93. The van der Waals surface area contributed by atoms with Gasteiger partial charge in [0.25, 0.3) is 0 Å². The molecule has 0 radical (unpaired) electrons. The largest absolute Gasteiger partial charge is 0.450 e. The molecule has 2 heterocycles. The van der Waals surface area contributed by atoms with Crippen LogP contribution in [0.15, 0.2) is 0 Å². The molecule has 0 unspecified atom stereocenters. The highest BCUT2D eigenvalue weighted by atomic mass is 16.6. The van der Waals surface area contributed by atoms with Crippen LogP contribution in [0.2, 0.25) is 0 Å². The molecule has 0 spiro atoms. The van der Waals surface area contributed by atoms with E-state index < -0.39 is 0 Å². The third-order valence-electron chi connectivity index (χ3n) is 5.81. The zero-order valence-electron chi connectivity index (χ0n) is 14.9. The van der Waals surface area contributed by atoms with E-state index in [-0.39, 0.29) is 6.09 Å². The van der Waals surface area contributed by atoms with Crippen LogP contribution in [0.5, 0.6) is 0 Å². The van der Waals surface area contributed by atoms with Crippen LogP contribution in [0, 0.1) is 0 Å². The summed E-state index contributed by atoms with van der Waals surface area (Å²) in [7, 11) is 0. The van der Waals surface area contributed by atoms with Crippen molar-refractivity contribution in [2.24, 2.45) is 0 Å². The average molecular weight is 337 g/mol. The fraction of sp³-hybridized carbons (Fsp3) is 0.889. The van der Waals surface area contributed by atoms with E-state index in [1.54, 1.807) is 4.90 Å². The van der Waals surface area contributed by atoms with Gasteiger partial charge in [0, 0.05) is 38.3 Å². The highest BCUT2D eigenvalue weighted by molar-refractivity contribution is 5.79. The molecule has 0 aromatic carbocycles. The maximum absolute atomic E-state index is 12.6. The van der Waals surface area contributed by atoms with Crippen molar-refractivity contribution in [2.45, 2.75) is 64.0 Å². The minimum Gasteiger partial charge on any atom is -0.450 e. The van der Waals surface area contributed by atoms with Gasteiger partial charge in [-0.05, 0) is 32.6 Å². The fourth-order valence-corrected chi connectivity index (χ4v) is 4.42. The van der Waals surface area contributed by atoms with Crippen LogP contribution in [0.25, 0.3) is 0 Å². The summed E-state index contributed by atoms with van der Waals surface area (Å²) in [5.74, 6) is 0.306. The minimum absolute atomic E-state index is 0.200. The molecular formula is C18H31N3O3. The molecule has 0 aromatic heterocycles. The van der Waals surface area contributed by atoms with Gasteiger partial charge in [0.2, 0.25) is 5.91 Å². The number of rotatable bonds is 3. The number of carbonyl (C=O) groups excluding carboxylic acids is 2. The molecule has 24 heavy (non-hydrogen) atoms. The van der Waals surface area contributed by atoms with E-state index in [1.807, 2.05) is 6.92 Å². The lowest BCUT2D eigenvalue weighted by Crippen LogP contribution is -2.58. The molecule has 6 heteroatoms. The van der Waals surface area contributed by atoms with E-state index in [4.69, 9.17) is 4.74 Å². The topological polar surface area (TPSA) is 53.1 Å². The van der Waals surface area contributed by atoms with E-state index in [0.29, 0.717) is 31.1 Å². The number of nitrogens with zero attached hydrogens (tertiary/aromatic N) is 3. The normalized spacial score (nSPS) is 25.1. The van der Waals surface area contributed by atoms with E-state index in [2.05, 4.69) is 9.80 Å². The molecule has 3 rings (SSSR count). The van der Waals surface area contributed by atoms with Gasteiger partial charge in [0.1, 0.15) is 0 Å². The average Bonchev–Trinajstić information content (AvgIpc) is 2.63. The quantitative estimate of drug-likeness (QED) is 0.791. The summed E-state index contributed by atoms with van der Waals surface area (Å²) < 4.78 is 5.07. The smallest absolute Gasteiger partial charge is 0.409 e. The van der Waals surface area contributed by atoms with Crippen LogP contribution in [0.1, 0.15) is 51.9 Å². The first-order valence-corrected chi connectivity index (χ1v) is 9.64. The third-order valence-corrected chi connectivity index (χ3v) is 5.81. The number of amides is 2. The van der Waals surface area contributed by atoms with Crippen LogP contribution in [-0.2, 0) is 9.53 Å². The van der Waals surface area contributed by atoms with Gasteiger partial charge in [-0.2, -0.15) is 0 Å². The molecule has 2 amide bonds. The molecular weight excluding hydrogens is 306 g/mol. The summed E-state index contributed by atoms with van der Waals surface area (Å²) in [6, 6.07) is 0.909. The molecule has 0 atom stereocenters. The Balaban J connectivity index is 1.46. The lowest BCUT2D eigenvalue weighted by Gasteiger charge is -2.44. The van der Waals surface area contributed by atoms with Crippen molar-refractivity contribution in [3.63, 3.8) is 0 Å². The number of hydrogen-bond donors (Lipinski definition) is 0. The lowest BCUT2D eigenvalue weighted by molar-refractivity contribution is -0.141. The van der Waals surface area contributed by atoms with Crippen molar-refractivity contribution in [3.05, 3.63) is 0 Å². The van der Waals surface area contributed by atoms with Gasteiger partial charge in [0.05, 0.1) is 13.2 Å². The SMILES string of the molecule is CCOC(=O)N1CCC(N2CCN(C3CCCCC3)C(=O)C2)CC1. The molecule has 0 aromatic rings. The van der Waals surface area contributed by atoms with Crippen molar-refractivity contribution in [1.29, 1.82) is 0 Å². The number of hydrogen-bond acceptors (Lipinski definition) is 4. The van der Waals surface area contributed by atoms with Gasteiger partial charge < -0.3 is 14.5 Å². The minimum atomic E-state index is -0.200. The number of piperazine rings is 1. The van der Waals surface area contributed by atoms with Crippen LogP contribution in [0.3, 0.4) is 0 Å². The summed E-state index contributed by atoms with van der Waals surface area (Å²) in [4.78, 5) is 30.7. The monoisotopic (exact) mass is 337 g/mol. The summed E-state index contributed by atoms with van der Waals surface area (Å²) in [5, 5.41) is 0. The van der Waals surface area contributed by atoms with E-state index in [1.165, 1.54) is 32.1 Å². The molecule has 0 bridgehead atoms. The van der Waals surface area contributed by atoms with Crippen LogP contribution >= 0.6 is 0 Å². The van der Waals surface area contributed by atoms with Crippen molar-refractivity contribution in [3.8, 4) is 0 Å². The highest BCUT2D eigenvalue weighted by Gasteiger charge is 2.34. The molecule has 0 N–H and O–H groups in total. The fourth-order valence-electron chi connectivity index (χ4n) is 4.42. The first kappa shape index (κ1) is 17.5. The van der Waals surface area contributed by atoms with Gasteiger partial charge >= 0.3 is 6.09 Å². The van der Waals surface area contributed by atoms with Gasteiger partial charge in [-0.1, -0.05) is 19.3 Å². The van der Waals surface area contributed by atoms with E-state index in [9.17, 15) is 9.59 Å². The Morgan fingerprint density at radius 2 is 1.71 bits per heavy atom. The second-order valence-corrected chi connectivity index (χ2v) is 7.27. The summed E-state index contributed by atoms with van der Waals surface area (Å²) in [6.07, 6.45) is 7.91. The summed E-state index contributed by atoms with van der Waals surface area (Å²) in [5.41, 5.74) is 0. The van der Waals surface area contributed by atoms with Crippen LogP contribution < -0.4 is 0 Å². The van der Waals surface area contributed by atoms with Crippen molar-refractivity contribution in [1.82, 2.24) is 14.7 Å². The number of carbonyl (C=O) groups is 2. The number of likely N-dealkylation sites (tertiary alicyclic amines) is 1. The third kappa shape index (κ3) is 4.02. The zero-order valence-corrected chi connectivity index (χ0v) is 14.9. The first-order chi connectivity index (χ1) is 11.7. The zero-order chi connectivity index (χ0) is 16.9. The van der Waals surface area contributed by atoms with Crippen molar-refractivity contribution in [2.75, 3.05) is 39.3 Å². The van der Waals surface area contributed by atoms with Gasteiger partial charge in [-0.25, -0.2) is 4.79 Å². The standard InChI is InChI=1S/C18H31N3O3/c1-2-24-18(23)19-10-8-15(9-11-19)20-12-13-21(17(22)14-20)16-6-4-3-5-7-16/h15-16H,2-14H2,1H3. The van der Waals surface area contributed by atoms with Crippen molar-refractivity contribution >= 4 is 12.0 Å². The predicted molar refractivity (Wildman–Crippen MR) is 91.8 cm³/mol.